The lowest BCUT2D eigenvalue weighted by molar-refractivity contribution is -0.126. The smallest absolute Gasteiger partial charge is 0.238 e. The fraction of sp³-hybridized carbons (Fsp3) is 0.800. The fourth-order valence-corrected chi connectivity index (χ4v) is 3.18. The molecule has 0 spiro atoms. The summed E-state index contributed by atoms with van der Waals surface area (Å²) in [6.45, 7) is 5.19. The first-order valence-electron chi connectivity index (χ1n) is 7.49. The van der Waals surface area contributed by atoms with Gasteiger partial charge >= 0.3 is 0 Å². The zero-order valence-corrected chi connectivity index (χ0v) is 11.8. The zero-order valence-electron chi connectivity index (χ0n) is 11.8. The highest BCUT2D eigenvalue weighted by molar-refractivity contribution is 5.82. The van der Waals surface area contributed by atoms with Gasteiger partial charge in [0.2, 0.25) is 5.91 Å². The Morgan fingerprint density at radius 3 is 2.84 bits per heavy atom. The van der Waals surface area contributed by atoms with Crippen LogP contribution in [-0.2, 0) is 4.79 Å². The molecule has 0 bridgehead atoms. The van der Waals surface area contributed by atoms with Gasteiger partial charge in [-0.2, -0.15) is 0 Å². The van der Waals surface area contributed by atoms with E-state index in [2.05, 4.69) is 21.5 Å². The Balaban J connectivity index is 1.94. The third kappa shape index (κ3) is 3.49. The summed E-state index contributed by atoms with van der Waals surface area (Å²) < 4.78 is 0. The maximum Gasteiger partial charge on any atom is 0.238 e. The van der Waals surface area contributed by atoms with Crippen LogP contribution in [0.2, 0.25) is 0 Å². The van der Waals surface area contributed by atoms with Crippen LogP contribution < -0.4 is 10.6 Å². The number of nitrogens with one attached hydrogen (secondary N) is 2. The Bertz CT molecular complexity index is 344. The summed E-state index contributed by atoms with van der Waals surface area (Å²) in [5, 5.41) is 6.37. The summed E-state index contributed by atoms with van der Waals surface area (Å²) in [4.78, 5) is 14.8. The summed E-state index contributed by atoms with van der Waals surface area (Å²) in [6, 6.07) is 0.471. The first-order valence-corrected chi connectivity index (χ1v) is 7.49. The topological polar surface area (TPSA) is 44.4 Å². The Morgan fingerprint density at radius 2 is 2.21 bits per heavy atom. The molecule has 2 atom stereocenters. The lowest BCUT2D eigenvalue weighted by atomic mass is 10.0. The fourth-order valence-electron chi connectivity index (χ4n) is 3.18. The van der Waals surface area contributed by atoms with Crippen LogP contribution in [0.25, 0.3) is 0 Å². The second kappa shape index (κ2) is 6.93. The van der Waals surface area contributed by atoms with Crippen LogP contribution in [0.1, 0.15) is 39.0 Å². The van der Waals surface area contributed by atoms with Crippen LogP contribution in [0.3, 0.4) is 0 Å². The first kappa shape index (κ1) is 14.4. The maximum absolute atomic E-state index is 12.4. The Hall–Kier alpha value is -1.05. The summed E-state index contributed by atoms with van der Waals surface area (Å²) in [5.41, 5.74) is 0. The number of piperidine rings is 1. The van der Waals surface area contributed by atoms with Crippen molar-refractivity contribution in [3.05, 3.63) is 0 Å². The van der Waals surface area contributed by atoms with Gasteiger partial charge in [-0.15, -0.1) is 6.42 Å². The predicted molar refractivity (Wildman–Crippen MR) is 76.7 cm³/mol. The molecule has 2 N–H and O–H groups in total. The molecule has 0 aromatic heterocycles. The van der Waals surface area contributed by atoms with Gasteiger partial charge in [-0.25, -0.2) is 0 Å². The van der Waals surface area contributed by atoms with Gasteiger partial charge in [0.05, 0.1) is 12.1 Å². The molecule has 2 rings (SSSR count). The Morgan fingerprint density at radius 1 is 1.47 bits per heavy atom. The quantitative estimate of drug-likeness (QED) is 0.735. The maximum atomic E-state index is 12.4. The van der Waals surface area contributed by atoms with Crippen molar-refractivity contribution in [2.75, 3.05) is 19.6 Å². The molecule has 2 aliphatic heterocycles. The predicted octanol–water partition coefficient (Wildman–Crippen LogP) is 0.731. The molecule has 0 saturated carbocycles. The average molecular weight is 263 g/mol. The van der Waals surface area contributed by atoms with Crippen molar-refractivity contribution >= 4 is 5.91 Å². The minimum atomic E-state index is -0.122. The number of hydrogen-bond donors (Lipinski definition) is 2. The van der Waals surface area contributed by atoms with Crippen molar-refractivity contribution in [3.63, 3.8) is 0 Å². The Labute approximate surface area is 116 Å². The van der Waals surface area contributed by atoms with E-state index in [9.17, 15) is 4.79 Å². The van der Waals surface area contributed by atoms with E-state index in [1.807, 2.05) is 6.92 Å². The highest BCUT2D eigenvalue weighted by Crippen LogP contribution is 2.24. The van der Waals surface area contributed by atoms with E-state index in [-0.39, 0.29) is 18.0 Å². The molecule has 2 aliphatic rings. The Kier molecular flexibility index (Phi) is 5.24. The molecular formula is C15H25N3O. The zero-order chi connectivity index (χ0) is 13.7. The second-order valence-corrected chi connectivity index (χ2v) is 5.51. The largest absolute Gasteiger partial charge is 0.341 e. The number of carbonyl (C=O) groups is 1. The van der Waals surface area contributed by atoms with Gasteiger partial charge in [-0.3, -0.25) is 9.69 Å². The van der Waals surface area contributed by atoms with Crippen LogP contribution in [-0.4, -0.2) is 48.6 Å². The minimum absolute atomic E-state index is 0.0329. The van der Waals surface area contributed by atoms with Gasteiger partial charge in [0.15, 0.2) is 0 Å². The van der Waals surface area contributed by atoms with Gasteiger partial charge in [0.25, 0.3) is 0 Å². The van der Waals surface area contributed by atoms with E-state index >= 15 is 0 Å². The lowest BCUT2D eigenvalue weighted by Crippen LogP contribution is -2.52. The second-order valence-electron chi connectivity index (χ2n) is 5.51. The number of nitrogens with zero attached hydrogens (tertiary/aromatic N) is 1. The minimum Gasteiger partial charge on any atom is -0.341 e. The van der Waals surface area contributed by atoms with Gasteiger partial charge in [-0.1, -0.05) is 12.8 Å². The molecule has 4 heteroatoms. The van der Waals surface area contributed by atoms with Crippen LogP contribution in [0.15, 0.2) is 0 Å². The molecule has 0 aliphatic carbocycles. The third-order valence-electron chi connectivity index (χ3n) is 4.30. The molecule has 0 aromatic carbocycles. The molecule has 1 amide bonds. The number of rotatable bonds is 4. The van der Waals surface area contributed by atoms with E-state index < -0.39 is 0 Å². The summed E-state index contributed by atoms with van der Waals surface area (Å²) in [5.74, 6) is 2.77. The van der Waals surface area contributed by atoms with Gasteiger partial charge in [0.1, 0.15) is 0 Å². The molecule has 0 radical (unpaired) electrons. The SMILES string of the molecule is C#CC(CC)NC(=O)C1CCCN1C1CCNCC1. The van der Waals surface area contributed by atoms with Crippen molar-refractivity contribution in [3.8, 4) is 12.3 Å². The molecule has 4 nitrogen and oxygen atoms in total. The summed E-state index contributed by atoms with van der Waals surface area (Å²) in [6.07, 6.45) is 10.6. The molecule has 2 saturated heterocycles. The van der Waals surface area contributed by atoms with E-state index in [4.69, 9.17) is 6.42 Å². The number of likely N-dealkylation sites (tertiary alicyclic amines) is 1. The highest BCUT2D eigenvalue weighted by atomic mass is 16.2. The summed E-state index contributed by atoms with van der Waals surface area (Å²) >= 11 is 0. The van der Waals surface area contributed by atoms with Gasteiger partial charge in [-0.05, 0) is 51.7 Å². The van der Waals surface area contributed by atoms with Crippen LogP contribution in [0, 0.1) is 12.3 Å². The monoisotopic (exact) mass is 263 g/mol. The van der Waals surface area contributed by atoms with Crippen molar-refractivity contribution < 1.29 is 4.79 Å². The van der Waals surface area contributed by atoms with Gasteiger partial charge < -0.3 is 10.6 Å². The van der Waals surface area contributed by atoms with E-state index in [1.165, 1.54) is 0 Å². The van der Waals surface area contributed by atoms with Crippen LogP contribution >= 0.6 is 0 Å². The number of hydrogen-bond acceptors (Lipinski definition) is 3. The molecule has 2 heterocycles. The molecule has 19 heavy (non-hydrogen) atoms. The molecule has 106 valence electrons. The average Bonchev–Trinajstić information content (AvgIpc) is 2.95. The molecule has 2 unspecified atom stereocenters. The van der Waals surface area contributed by atoms with Crippen molar-refractivity contribution in [2.24, 2.45) is 0 Å². The van der Waals surface area contributed by atoms with E-state index in [0.29, 0.717) is 6.04 Å². The lowest BCUT2D eigenvalue weighted by Gasteiger charge is -2.35. The van der Waals surface area contributed by atoms with Crippen molar-refractivity contribution in [2.45, 2.75) is 57.2 Å². The van der Waals surface area contributed by atoms with Gasteiger partial charge in [0, 0.05) is 6.04 Å². The third-order valence-corrected chi connectivity index (χ3v) is 4.30. The standard InChI is InChI=1S/C15H25N3O/c1-3-12(4-2)17-15(19)14-6-5-11-18(14)13-7-9-16-10-8-13/h1,12-14,16H,4-11H2,2H3,(H,17,19). The number of terminal acetylenes is 1. The van der Waals surface area contributed by atoms with E-state index in [1.54, 1.807) is 0 Å². The molecule has 2 fully saturated rings. The highest BCUT2D eigenvalue weighted by Gasteiger charge is 2.35. The molecular weight excluding hydrogens is 238 g/mol. The first-order chi connectivity index (χ1) is 9.26. The van der Waals surface area contributed by atoms with Crippen molar-refractivity contribution in [1.82, 2.24) is 15.5 Å². The number of amides is 1. The normalized spacial score (nSPS) is 26.8. The van der Waals surface area contributed by atoms with Crippen LogP contribution in [0.4, 0.5) is 0 Å². The number of carbonyl (C=O) groups excluding carboxylic acids is 1. The molecule has 0 aromatic rings. The van der Waals surface area contributed by atoms with Crippen LogP contribution in [0.5, 0.6) is 0 Å². The van der Waals surface area contributed by atoms with Crippen molar-refractivity contribution in [1.29, 1.82) is 0 Å². The summed E-state index contributed by atoms with van der Waals surface area (Å²) in [7, 11) is 0. The van der Waals surface area contributed by atoms with E-state index in [0.717, 1.165) is 51.7 Å².